The predicted octanol–water partition coefficient (Wildman–Crippen LogP) is 3.25. The third-order valence-electron chi connectivity index (χ3n) is 5.74. The van der Waals surface area contributed by atoms with Crippen molar-refractivity contribution in [3.63, 3.8) is 0 Å². The van der Waals surface area contributed by atoms with Crippen molar-refractivity contribution in [3.8, 4) is 0 Å². The summed E-state index contributed by atoms with van der Waals surface area (Å²) in [4.78, 5) is 39.4. The fraction of sp³-hybridized carbons (Fsp3) is 0.154. The van der Waals surface area contributed by atoms with Crippen LogP contribution in [0.3, 0.4) is 0 Å². The number of carbonyl (C=O) groups is 1. The molecule has 0 aliphatic carbocycles. The second-order valence-corrected chi connectivity index (χ2v) is 8.54. The van der Waals surface area contributed by atoms with E-state index in [2.05, 4.69) is 10.4 Å². The van der Waals surface area contributed by atoms with Gasteiger partial charge in [0.25, 0.3) is 5.56 Å². The van der Waals surface area contributed by atoms with Crippen molar-refractivity contribution in [1.82, 2.24) is 18.7 Å². The summed E-state index contributed by atoms with van der Waals surface area (Å²) in [5.41, 5.74) is 2.81. The number of hydrogen-bond acceptors (Lipinski definition) is 4. The molecule has 0 saturated heterocycles. The summed E-state index contributed by atoms with van der Waals surface area (Å²) in [5.74, 6) is -0.709. The van der Waals surface area contributed by atoms with Crippen LogP contribution in [0.25, 0.3) is 16.7 Å². The lowest BCUT2D eigenvalue weighted by Crippen LogP contribution is -2.29. The van der Waals surface area contributed by atoms with Crippen LogP contribution in [-0.4, -0.2) is 24.7 Å². The molecular formula is C26H22FN5O3. The number of rotatable bonds is 5. The minimum absolute atomic E-state index is 0.0820. The van der Waals surface area contributed by atoms with E-state index in [-0.39, 0.29) is 30.2 Å². The largest absolute Gasteiger partial charge is 0.352 e. The van der Waals surface area contributed by atoms with Gasteiger partial charge in [0.2, 0.25) is 11.7 Å². The van der Waals surface area contributed by atoms with Gasteiger partial charge in [-0.15, -0.1) is 5.10 Å². The minimum Gasteiger partial charge on any atom is -0.324 e. The molecule has 0 fully saturated rings. The normalized spacial score (nSPS) is 11.3. The first kappa shape index (κ1) is 22.3. The van der Waals surface area contributed by atoms with Gasteiger partial charge in [-0.2, -0.15) is 0 Å². The van der Waals surface area contributed by atoms with Gasteiger partial charge >= 0.3 is 5.69 Å². The van der Waals surface area contributed by atoms with E-state index in [1.165, 1.54) is 21.1 Å². The third-order valence-corrected chi connectivity index (χ3v) is 5.74. The lowest BCUT2D eigenvalue weighted by Gasteiger charge is -2.09. The Kier molecular flexibility index (Phi) is 5.52. The first-order valence-electron chi connectivity index (χ1n) is 11.0. The van der Waals surface area contributed by atoms with Crippen molar-refractivity contribution in [3.05, 3.63) is 110 Å². The average molecular weight is 471 g/mol. The molecule has 35 heavy (non-hydrogen) atoms. The molecule has 8 nitrogen and oxygen atoms in total. The van der Waals surface area contributed by atoms with Crippen LogP contribution in [0.1, 0.15) is 16.7 Å². The van der Waals surface area contributed by atoms with Crippen LogP contribution in [-0.2, 0) is 17.9 Å². The molecule has 0 radical (unpaired) electrons. The van der Waals surface area contributed by atoms with Gasteiger partial charge in [-0.05, 0) is 66.9 Å². The first-order valence-corrected chi connectivity index (χ1v) is 11.0. The van der Waals surface area contributed by atoms with Gasteiger partial charge in [0.05, 0.1) is 17.4 Å². The molecule has 5 rings (SSSR count). The molecule has 1 amide bonds. The monoisotopic (exact) mass is 471 g/mol. The zero-order valence-electron chi connectivity index (χ0n) is 19.2. The lowest BCUT2D eigenvalue weighted by atomic mass is 10.1. The Labute approximate surface area is 198 Å². The van der Waals surface area contributed by atoms with Crippen LogP contribution >= 0.6 is 0 Å². The highest BCUT2D eigenvalue weighted by molar-refractivity contribution is 5.90. The molecule has 0 aliphatic heterocycles. The van der Waals surface area contributed by atoms with Crippen LogP contribution in [0.4, 0.5) is 10.1 Å². The number of nitrogens with zero attached hydrogens (tertiary/aromatic N) is 4. The maximum Gasteiger partial charge on any atom is 0.352 e. The number of hydrogen-bond donors (Lipinski definition) is 1. The van der Waals surface area contributed by atoms with Gasteiger partial charge in [-0.25, -0.2) is 18.3 Å². The minimum atomic E-state index is -0.542. The zero-order valence-corrected chi connectivity index (χ0v) is 19.2. The van der Waals surface area contributed by atoms with Gasteiger partial charge in [-0.3, -0.25) is 14.2 Å². The Hall–Kier alpha value is -4.53. The number of anilines is 1. The third kappa shape index (κ3) is 4.23. The van der Waals surface area contributed by atoms with Crippen LogP contribution in [0.5, 0.6) is 0 Å². The SMILES string of the molecule is Cc1cc(C)cc(NC(=O)Cn2nc3n(Cc4ccc(F)cc4)c(=O)c4ccccc4n3c2=O)c1. The number of amides is 1. The van der Waals surface area contributed by atoms with Gasteiger partial charge in [0, 0.05) is 5.69 Å². The molecule has 1 N–H and O–H groups in total. The summed E-state index contributed by atoms with van der Waals surface area (Å²) in [6.45, 7) is 3.62. The van der Waals surface area contributed by atoms with Crippen molar-refractivity contribution in [1.29, 1.82) is 0 Å². The molecule has 0 bridgehead atoms. The number of aryl methyl sites for hydroxylation is 2. The van der Waals surface area contributed by atoms with Gasteiger partial charge in [0.1, 0.15) is 12.4 Å². The fourth-order valence-electron chi connectivity index (χ4n) is 4.27. The molecule has 0 unspecified atom stereocenters. The Morgan fingerprint density at radius 1 is 0.971 bits per heavy atom. The molecule has 0 atom stereocenters. The Morgan fingerprint density at radius 3 is 2.37 bits per heavy atom. The number of para-hydroxylation sites is 1. The van der Waals surface area contributed by atoms with E-state index in [0.29, 0.717) is 22.2 Å². The number of aromatic nitrogens is 4. The first-order chi connectivity index (χ1) is 16.8. The van der Waals surface area contributed by atoms with Crippen molar-refractivity contribution < 1.29 is 9.18 Å². The van der Waals surface area contributed by atoms with Crippen molar-refractivity contribution in [2.75, 3.05) is 5.32 Å². The molecule has 2 aromatic heterocycles. The maximum atomic E-state index is 13.4. The van der Waals surface area contributed by atoms with Crippen LogP contribution in [0.2, 0.25) is 0 Å². The lowest BCUT2D eigenvalue weighted by molar-refractivity contribution is -0.117. The van der Waals surface area contributed by atoms with E-state index in [1.54, 1.807) is 36.4 Å². The standard InChI is InChI=1S/C26H22FN5O3/c1-16-11-17(2)13-20(12-16)28-23(33)15-31-26(35)32-22-6-4-3-5-21(22)24(34)30(25(32)29-31)14-18-7-9-19(27)10-8-18/h3-13H,14-15H2,1-2H3,(H,28,33). The van der Waals surface area contributed by atoms with Crippen molar-refractivity contribution in [2.24, 2.45) is 0 Å². The Balaban J connectivity index is 1.59. The van der Waals surface area contributed by atoms with E-state index in [4.69, 9.17) is 0 Å². The summed E-state index contributed by atoms with van der Waals surface area (Å²) in [7, 11) is 0. The summed E-state index contributed by atoms with van der Waals surface area (Å²) >= 11 is 0. The second-order valence-electron chi connectivity index (χ2n) is 8.54. The van der Waals surface area contributed by atoms with Crippen LogP contribution in [0.15, 0.2) is 76.3 Å². The topological polar surface area (TPSA) is 90.4 Å². The molecule has 3 aromatic carbocycles. The highest BCUT2D eigenvalue weighted by Gasteiger charge is 2.19. The summed E-state index contributed by atoms with van der Waals surface area (Å²) in [6, 6.07) is 18.2. The van der Waals surface area contributed by atoms with Crippen LogP contribution in [0, 0.1) is 19.7 Å². The van der Waals surface area contributed by atoms with Crippen molar-refractivity contribution >= 4 is 28.3 Å². The number of nitrogens with one attached hydrogen (secondary N) is 1. The number of carbonyl (C=O) groups excluding carboxylic acids is 1. The molecule has 9 heteroatoms. The molecule has 0 aliphatic rings. The zero-order chi connectivity index (χ0) is 24.7. The van der Waals surface area contributed by atoms with Gasteiger partial charge in [-0.1, -0.05) is 30.3 Å². The maximum absolute atomic E-state index is 13.4. The van der Waals surface area contributed by atoms with Gasteiger partial charge < -0.3 is 5.32 Å². The summed E-state index contributed by atoms with van der Waals surface area (Å²) < 4.78 is 17.1. The molecule has 176 valence electrons. The number of benzene rings is 3. The Bertz CT molecular complexity index is 1690. The van der Waals surface area contributed by atoms with E-state index in [9.17, 15) is 18.8 Å². The van der Waals surface area contributed by atoms with E-state index < -0.39 is 11.6 Å². The smallest absolute Gasteiger partial charge is 0.324 e. The van der Waals surface area contributed by atoms with Crippen LogP contribution < -0.4 is 16.6 Å². The Morgan fingerprint density at radius 2 is 1.66 bits per heavy atom. The quantitative estimate of drug-likeness (QED) is 0.426. The predicted molar refractivity (Wildman–Crippen MR) is 131 cm³/mol. The van der Waals surface area contributed by atoms with E-state index >= 15 is 0 Å². The number of halogens is 1. The number of fused-ring (bicyclic) bond motifs is 3. The highest BCUT2D eigenvalue weighted by Crippen LogP contribution is 2.15. The highest BCUT2D eigenvalue weighted by atomic mass is 19.1. The second kappa shape index (κ2) is 8.68. The molecule has 2 heterocycles. The van der Waals surface area contributed by atoms with E-state index in [1.807, 2.05) is 32.0 Å². The molecule has 0 saturated carbocycles. The molecular weight excluding hydrogens is 449 g/mol. The summed E-state index contributed by atoms with van der Waals surface area (Å²) in [5, 5.41) is 7.49. The molecule has 5 aromatic rings. The average Bonchev–Trinajstić information content (AvgIpc) is 3.13. The van der Waals surface area contributed by atoms with Crippen molar-refractivity contribution in [2.45, 2.75) is 26.9 Å². The fourth-order valence-corrected chi connectivity index (χ4v) is 4.27. The molecule has 0 spiro atoms. The van der Waals surface area contributed by atoms with Gasteiger partial charge in [0.15, 0.2) is 0 Å². The van der Waals surface area contributed by atoms with E-state index in [0.717, 1.165) is 15.8 Å². The summed E-state index contributed by atoms with van der Waals surface area (Å²) in [6.07, 6.45) is 0.